The van der Waals surface area contributed by atoms with Crippen LogP contribution in [0.1, 0.15) is 5.56 Å². The molecular formula is C9H9N3O2. The lowest BCUT2D eigenvalue weighted by Gasteiger charge is -2.04. The molecule has 5 nitrogen and oxygen atoms in total. The number of nitrogens with one attached hydrogen (secondary N) is 1. The third kappa shape index (κ3) is 2.45. The molecule has 5 heteroatoms. The number of nitrogens with zero attached hydrogens (tertiary/aromatic N) is 2. The molecule has 1 rings (SSSR count). The van der Waals surface area contributed by atoms with Gasteiger partial charge in [-0.2, -0.15) is 5.26 Å². The average Bonchev–Trinajstić information content (AvgIpc) is 2.26. The van der Waals surface area contributed by atoms with Gasteiger partial charge in [-0.15, -0.1) is 0 Å². The first-order valence-corrected chi connectivity index (χ1v) is 3.93. The summed E-state index contributed by atoms with van der Waals surface area (Å²) in [6.07, 6.45) is 1.54. The number of ether oxygens (including phenoxy) is 1. The smallest absolute Gasteiger partial charge is 0.325 e. The molecular weight excluding hydrogens is 182 g/mol. The minimum absolute atomic E-state index is 0.00218. The molecule has 0 saturated heterocycles. The van der Waals surface area contributed by atoms with E-state index in [1.807, 2.05) is 6.07 Å². The van der Waals surface area contributed by atoms with Crippen LogP contribution in [0.4, 0.5) is 5.82 Å². The van der Waals surface area contributed by atoms with E-state index in [9.17, 15) is 4.79 Å². The lowest BCUT2D eigenvalue weighted by atomic mass is 10.3. The zero-order valence-electron chi connectivity index (χ0n) is 7.65. The first kappa shape index (κ1) is 9.99. The minimum Gasteiger partial charge on any atom is -0.468 e. The Kier molecular flexibility index (Phi) is 3.44. The van der Waals surface area contributed by atoms with E-state index in [0.717, 1.165) is 0 Å². The van der Waals surface area contributed by atoms with Crippen LogP contribution in [0.3, 0.4) is 0 Å². The van der Waals surface area contributed by atoms with Crippen molar-refractivity contribution in [3.63, 3.8) is 0 Å². The van der Waals surface area contributed by atoms with Crippen LogP contribution in [-0.4, -0.2) is 24.6 Å². The molecule has 0 aromatic carbocycles. The highest BCUT2D eigenvalue weighted by atomic mass is 16.5. The molecule has 1 heterocycles. The monoisotopic (exact) mass is 191 g/mol. The van der Waals surface area contributed by atoms with E-state index in [0.29, 0.717) is 11.4 Å². The number of carbonyl (C=O) groups excluding carboxylic acids is 1. The molecule has 0 saturated carbocycles. The van der Waals surface area contributed by atoms with Crippen molar-refractivity contribution >= 4 is 11.8 Å². The van der Waals surface area contributed by atoms with Gasteiger partial charge >= 0.3 is 5.97 Å². The lowest BCUT2D eigenvalue weighted by molar-refractivity contribution is -0.138. The van der Waals surface area contributed by atoms with Gasteiger partial charge in [0.15, 0.2) is 0 Å². The third-order valence-corrected chi connectivity index (χ3v) is 1.56. The molecule has 14 heavy (non-hydrogen) atoms. The predicted molar refractivity (Wildman–Crippen MR) is 49.5 cm³/mol. The number of nitriles is 1. The van der Waals surface area contributed by atoms with Crippen molar-refractivity contribution in [1.82, 2.24) is 4.98 Å². The summed E-state index contributed by atoms with van der Waals surface area (Å²) in [5, 5.41) is 11.4. The second kappa shape index (κ2) is 4.82. The van der Waals surface area contributed by atoms with E-state index < -0.39 is 5.97 Å². The summed E-state index contributed by atoms with van der Waals surface area (Å²) in [5.74, 6) is -0.0139. The van der Waals surface area contributed by atoms with E-state index >= 15 is 0 Å². The number of pyridine rings is 1. The van der Waals surface area contributed by atoms with Crippen molar-refractivity contribution in [2.45, 2.75) is 0 Å². The molecule has 1 N–H and O–H groups in total. The highest BCUT2D eigenvalue weighted by Gasteiger charge is 2.04. The number of rotatable bonds is 3. The lowest BCUT2D eigenvalue weighted by Crippen LogP contribution is -2.16. The van der Waals surface area contributed by atoms with Crippen molar-refractivity contribution in [2.24, 2.45) is 0 Å². The summed E-state index contributed by atoms with van der Waals surface area (Å²) < 4.78 is 4.43. The van der Waals surface area contributed by atoms with Crippen molar-refractivity contribution in [2.75, 3.05) is 19.0 Å². The normalized spacial score (nSPS) is 8.86. The fourth-order valence-corrected chi connectivity index (χ4v) is 0.864. The van der Waals surface area contributed by atoms with Crippen LogP contribution in [0.25, 0.3) is 0 Å². The Morgan fingerprint density at radius 1 is 1.79 bits per heavy atom. The molecule has 0 atom stereocenters. The number of hydrogen-bond acceptors (Lipinski definition) is 5. The number of esters is 1. The molecule has 0 amide bonds. The number of hydrogen-bond donors (Lipinski definition) is 1. The van der Waals surface area contributed by atoms with Gasteiger partial charge in [-0.05, 0) is 12.1 Å². The van der Waals surface area contributed by atoms with Gasteiger partial charge in [-0.1, -0.05) is 0 Å². The van der Waals surface area contributed by atoms with Gasteiger partial charge in [0.05, 0.1) is 12.7 Å². The van der Waals surface area contributed by atoms with Crippen molar-refractivity contribution in [3.05, 3.63) is 23.9 Å². The second-order valence-electron chi connectivity index (χ2n) is 2.44. The topological polar surface area (TPSA) is 75.0 Å². The van der Waals surface area contributed by atoms with Crippen LogP contribution >= 0.6 is 0 Å². The number of methoxy groups -OCH3 is 1. The standard InChI is InChI=1S/C9H9N3O2/c1-14-8(13)6-12-9-7(5-10)3-2-4-11-9/h2-4H,6H2,1H3,(H,11,12). The summed E-state index contributed by atoms with van der Waals surface area (Å²) in [4.78, 5) is 14.7. The van der Waals surface area contributed by atoms with E-state index in [1.54, 1.807) is 18.3 Å². The van der Waals surface area contributed by atoms with Crippen molar-refractivity contribution in [1.29, 1.82) is 5.26 Å². The average molecular weight is 191 g/mol. The summed E-state index contributed by atoms with van der Waals surface area (Å²) in [6, 6.07) is 5.23. The molecule has 72 valence electrons. The summed E-state index contributed by atoms with van der Waals surface area (Å²) in [7, 11) is 1.30. The van der Waals surface area contributed by atoms with Gasteiger partial charge in [0, 0.05) is 6.20 Å². The van der Waals surface area contributed by atoms with E-state index in [-0.39, 0.29) is 6.54 Å². The minimum atomic E-state index is -0.403. The number of carbonyl (C=O) groups is 1. The Bertz CT molecular complexity index is 371. The molecule has 0 unspecified atom stereocenters. The van der Waals surface area contributed by atoms with E-state index in [2.05, 4.69) is 15.0 Å². The Morgan fingerprint density at radius 3 is 3.21 bits per heavy atom. The molecule has 0 aliphatic heterocycles. The molecule has 0 aliphatic rings. The van der Waals surface area contributed by atoms with Crippen LogP contribution in [-0.2, 0) is 9.53 Å². The Balaban J connectivity index is 2.68. The fraction of sp³-hybridized carbons (Fsp3) is 0.222. The Morgan fingerprint density at radius 2 is 2.57 bits per heavy atom. The molecule has 1 aromatic heterocycles. The molecule has 0 radical (unpaired) electrons. The number of aromatic nitrogens is 1. The van der Waals surface area contributed by atoms with Gasteiger partial charge < -0.3 is 10.1 Å². The highest BCUT2D eigenvalue weighted by Crippen LogP contribution is 2.08. The largest absolute Gasteiger partial charge is 0.468 e. The Labute approximate surface area is 81.3 Å². The van der Waals surface area contributed by atoms with E-state index in [1.165, 1.54) is 7.11 Å². The van der Waals surface area contributed by atoms with Crippen molar-refractivity contribution < 1.29 is 9.53 Å². The first-order valence-electron chi connectivity index (χ1n) is 3.93. The maximum Gasteiger partial charge on any atom is 0.325 e. The van der Waals surface area contributed by atoms with Crippen LogP contribution in [0.5, 0.6) is 0 Å². The summed E-state index contributed by atoms with van der Waals surface area (Å²) >= 11 is 0. The highest BCUT2D eigenvalue weighted by molar-refractivity contribution is 5.75. The van der Waals surface area contributed by atoms with Gasteiger partial charge in [0.1, 0.15) is 18.4 Å². The van der Waals surface area contributed by atoms with Crippen molar-refractivity contribution in [3.8, 4) is 6.07 Å². The molecule has 0 bridgehead atoms. The van der Waals surface area contributed by atoms with Gasteiger partial charge in [0.2, 0.25) is 0 Å². The third-order valence-electron chi connectivity index (χ3n) is 1.56. The zero-order valence-corrected chi connectivity index (χ0v) is 7.65. The molecule has 0 fully saturated rings. The molecule has 0 aliphatic carbocycles. The SMILES string of the molecule is COC(=O)CNc1ncccc1C#N. The van der Waals surface area contributed by atoms with Crippen LogP contribution in [0.2, 0.25) is 0 Å². The predicted octanol–water partition coefficient (Wildman–Crippen LogP) is 0.538. The quantitative estimate of drug-likeness (QED) is 0.705. The summed E-state index contributed by atoms with van der Waals surface area (Å²) in [5.41, 5.74) is 0.399. The molecule has 0 spiro atoms. The Hall–Kier alpha value is -2.09. The van der Waals surface area contributed by atoms with E-state index in [4.69, 9.17) is 5.26 Å². The van der Waals surface area contributed by atoms with Gasteiger partial charge in [0.25, 0.3) is 0 Å². The maximum absolute atomic E-state index is 10.8. The van der Waals surface area contributed by atoms with Crippen LogP contribution in [0, 0.1) is 11.3 Å². The maximum atomic E-state index is 10.8. The fourth-order valence-electron chi connectivity index (χ4n) is 0.864. The first-order chi connectivity index (χ1) is 6.77. The zero-order chi connectivity index (χ0) is 10.4. The summed E-state index contributed by atoms with van der Waals surface area (Å²) in [6.45, 7) is 0.00218. The number of anilines is 1. The second-order valence-corrected chi connectivity index (χ2v) is 2.44. The van der Waals surface area contributed by atoms with Gasteiger partial charge in [-0.3, -0.25) is 4.79 Å². The van der Waals surface area contributed by atoms with Crippen LogP contribution in [0.15, 0.2) is 18.3 Å². The van der Waals surface area contributed by atoms with Gasteiger partial charge in [-0.25, -0.2) is 4.98 Å². The molecule has 1 aromatic rings. The van der Waals surface area contributed by atoms with Crippen LogP contribution < -0.4 is 5.32 Å².